The Morgan fingerprint density at radius 2 is 1.82 bits per heavy atom. The van der Waals surface area contributed by atoms with Gasteiger partial charge in [-0.1, -0.05) is 37.1 Å². The summed E-state index contributed by atoms with van der Waals surface area (Å²) in [6.45, 7) is 6.51. The van der Waals surface area contributed by atoms with Crippen molar-refractivity contribution in [3.8, 4) is 22.8 Å². The highest BCUT2D eigenvalue weighted by molar-refractivity contribution is 6.30. The zero-order chi connectivity index (χ0) is 23.8. The van der Waals surface area contributed by atoms with Crippen molar-refractivity contribution >= 4 is 17.6 Å². The van der Waals surface area contributed by atoms with Crippen molar-refractivity contribution in [2.45, 2.75) is 52.6 Å². The second kappa shape index (κ2) is 11.7. The summed E-state index contributed by atoms with van der Waals surface area (Å²) in [5.74, 6) is 0.437. The summed E-state index contributed by atoms with van der Waals surface area (Å²) in [7, 11) is 0. The van der Waals surface area contributed by atoms with E-state index in [9.17, 15) is 9.90 Å². The predicted molar refractivity (Wildman–Crippen MR) is 132 cm³/mol. The maximum absolute atomic E-state index is 11.8. The number of nitrogens with zero attached hydrogens (tertiary/aromatic N) is 1. The van der Waals surface area contributed by atoms with Crippen molar-refractivity contribution in [3.63, 3.8) is 0 Å². The van der Waals surface area contributed by atoms with Gasteiger partial charge >= 0.3 is 5.97 Å². The van der Waals surface area contributed by atoms with Crippen molar-refractivity contribution in [1.82, 2.24) is 4.98 Å². The summed E-state index contributed by atoms with van der Waals surface area (Å²) >= 11 is 6.15. The van der Waals surface area contributed by atoms with E-state index < -0.39 is 5.97 Å². The number of pyridine rings is 1. The number of carbonyl (C=O) groups is 1. The van der Waals surface area contributed by atoms with Gasteiger partial charge in [0.15, 0.2) is 0 Å². The molecule has 0 amide bonds. The number of halogens is 1. The second-order valence-corrected chi connectivity index (χ2v) is 8.59. The number of hydrogen-bond donors (Lipinski definition) is 1. The molecule has 0 spiro atoms. The highest BCUT2D eigenvalue weighted by Crippen LogP contribution is 2.33. The van der Waals surface area contributed by atoms with Crippen molar-refractivity contribution in [2.75, 3.05) is 6.61 Å². The van der Waals surface area contributed by atoms with Crippen LogP contribution in [0.25, 0.3) is 11.3 Å². The molecule has 174 valence electrons. The van der Waals surface area contributed by atoms with Crippen LogP contribution < -0.4 is 9.47 Å². The van der Waals surface area contributed by atoms with Gasteiger partial charge in [-0.25, -0.2) is 4.79 Å². The van der Waals surface area contributed by atoms with Crippen LogP contribution in [0.1, 0.15) is 55.2 Å². The molecule has 6 heteroatoms. The zero-order valence-corrected chi connectivity index (χ0v) is 20.1. The lowest BCUT2D eigenvalue weighted by Gasteiger charge is -2.15. The molecule has 0 unspecified atom stereocenters. The minimum atomic E-state index is -0.994. The molecule has 0 saturated carbocycles. The van der Waals surface area contributed by atoms with Gasteiger partial charge in [-0.3, -0.25) is 4.98 Å². The highest BCUT2D eigenvalue weighted by Gasteiger charge is 2.16. The predicted octanol–water partition coefficient (Wildman–Crippen LogP) is 6.85. The molecule has 33 heavy (non-hydrogen) atoms. The fourth-order valence-electron chi connectivity index (χ4n) is 3.57. The van der Waals surface area contributed by atoms with Crippen LogP contribution in [-0.4, -0.2) is 28.8 Å². The van der Waals surface area contributed by atoms with E-state index in [1.165, 1.54) is 5.56 Å². The van der Waals surface area contributed by atoms with Crippen LogP contribution in [0, 0.1) is 0 Å². The monoisotopic (exact) mass is 467 g/mol. The molecule has 3 aromatic rings. The number of carboxylic acids is 1. The fourth-order valence-corrected chi connectivity index (χ4v) is 3.73. The Kier molecular flexibility index (Phi) is 8.72. The molecule has 0 radical (unpaired) electrons. The number of aromatic nitrogens is 1. The van der Waals surface area contributed by atoms with Crippen LogP contribution in [-0.2, 0) is 12.8 Å². The third-order valence-corrected chi connectivity index (χ3v) is 5.31. The molecule has 0 saturated heterocycles. The van der Waals surface area contributed by atoms with Gasteiger partial charge in [-0.05, 0) is 81.1 Å². The third kappa shape index (κ3) is 6.96. The fraction of sp³-hybridized carbons (Fsp3) is 0.333. The molecule has 0 aliphatic rings. The lowest BCUT2D eigenvalue weighted by molar-refractivity contribution is 0.0695. The van der Waals surface area contributed by atoms with Crippen molar-refractivity contribution in [1.29, 1.82) is 0 Å². The molecule has 1 aromatic heterocycles. The maximum atomic E-state index is 11.8. The minimum absolute atomic E-state index is 0.0341. The smallest absolute Gasteiger partial charge is 0.337 e. The Hall–Kier alpha value is -3.05. The molecule has 1 heterocycles. The SMILES string of the molecule is CCCc1ccc(OCCCc2nc(-c3ccc(Cl)cc3OC(C)C)ccc2C(=O)O)cc1. The first kappa shape index (κ1) is 24.6. The molecule has 1 N–H and O–H groups in total. The quantitative estimate of drug-likeness (QED) is 0.312. The summed E-state index contributed by atoms with van der Waals surface area (Å²) in [6, 6.07) is 16.8. The number of ether oxygens (including phenoxy) is 2. The van der Waals surface area contributed by atoms with Gasteiger partial charge in [0.2, 0.25) is 0 Å². The van der Waals surface area contributed by atoms with Crippen LogP contribution in [0.15, 0.2) is 54.6 Å². The van der Waals surface area contributed by atoms with E-state index in [0.29, 0.717) is 41.6 Å². The third-order valence-electron chi connectivity index (χ3n) is 5.08. The minimum Gasteiger partial charge on any atom is -0.494 e. The lowest BCUT2D eigenvalue weighted by atomic mass is 10.0. The van der Waals surface area contributed by atoms with Gasteiger partial charge in [0, 0.05) is 10.6 Å². The van der Waals surface area contributed by atoms with E-state index in [-0.39, 0.29) is 11.7 Å². The van der Waals surface area contributed by atoms with Gasteiger partial charge in [0.05, 0.1) is 29.7 Å². The first-order valence-electron chi connectivity index (χ1n) is 11.3. The average Bonchev–Trinajstić information content (AvgIpc) is 2.77. The second-order valence-electron chi connectivity index (χ2n) is 8.15. The van der Waals surface area contributed by atoms with Crippen LogP contribution in [0.4, 0.5) is 0 Å². The van der Waals surface area contributed by atoms with Crippen LogP contribution in [0.5, 0.6) is 11.5 Å². The van der Waals surface area contributed by atoms with Gasteiger partial charge < -0.3 is 14.6 Å². The number of carboxylic acid groups (broad SMARTS) is 1. The van der Waals surface area contributed by atoms with Crippen LogP contribution in [0.3, 0.4) is 0 Å². The zero-order valence-electron chi connectivity index (χ0n) is 19.3. The van der Waals surface area contributed by atoms with Gasteiger partial charge in [0.25, 0.3) is 0 Å². The van der Waals surface area contributed by atoms with Crippen molar-refractivity contribution in [3.05, 3.63) is 76.4 Å². The van der Waals surface area contributed by atoms with Crippen molar-refractivity contribution in [2.24, 2.45) is 0 Å². The standard InChI is InChI=1S/C27H30ClNO4/c1-4-6-19-8-11-21(12-9-19)32-16-5-7-24-23(27(30)31)14-15-25(29-24)22-13-10-20(28)17-26(22)33-18(2)3/h8-15,17-18H,4-7,16H2,1-3H3,(H,30,31). The van der Waals surface area contributed by atoms with E-state index >= 15 is 0 Å². The van der Waals surface area contributed by atoms with E-state index in [0.717, 1.165) is 24.2 Å². The molecule has 0 atom stereocenters. The summed E-state index contributed by atoms with van der Waals surface area (Å²) in [5.41, 5.74) is 3.43. The van der Waals surface area contributed by atoms with Crippen LogP contribution in [0.2, 0.25) is 5.02 Å². The normalized spacial score (nSPS) is 10.9. The first-order chi connectivity index (χ1) is 15.9. The van der Waals surface area contributed by atoms with E-state index in [1.54, 1.807) is 24.3 Å². The lowest BCUT2D eigenvalue weighted by Crippen LogP contribution is -2.09. The van der Waals surface area contributed by atoms with E-state index in [1.807, 2.05) is 32.0 Å². The Morgan fingerprint density at radius 1 is 1.06 bits per heavy atom. The molecule has 2 aromatic carbocycles. The average molecular weight is 468 g/mol. The van der Waals surface area contributed by atoms with E-state index in [4.69, 9.17) is 21.1 Å². The Bertz CT molecular complexity index is 1080. The summed E-state index contributed by atoms with van der Waals surface area (Å²) < 4.78 is 11.8. The number of hydrogen-bond acceptors (Lipinski definition) is 4. The Morgan fingerprint density at radius 3 is 2.48 bits per heavy atom. The van der Waals surface area contributed by atoms with Gasteiger partial charge in [-0.15, -0.1) is 0 Å². The summed E-state index contributed by atoms with van der Waals surface area (Å²) in [6.07, 6.45) is 3.26. The molecule has 5 nitrogen and oxygen atoms in total. The molecule has 0 bridgehead atoms. The Labute approximate surface area is 200 Å². The largest absolute Gasteiger partial charge is 0.494 e. The number of benzene rings is 2. The summed E-state index contributed by atoms with van der Waals surface area (Å²) in [5, 5.41) is 10.2. The van der Waals surface area contributed by atoms with E-state index in [2.05, 4.69) is 24.0 Å². The number of aryl methyl sites for hydroxylation is 2. The first-order valence-corrected chi connectivity index (χ1v) is 11.7. The summed E-state index contributed by atoms with van der Waals surface area (Å²) in [4.78, 5) is 16.4. The van der Waals surface area contributed by atoms with Crippen LogP contribution >= 0.6 is 11.6 Å². The molecule has 0 aliphatic heterocycles. The maximum Gasteiger partial charge on any atom is 0.337 e. The van der Waals surface area contributed by atoms with Gasteiger partial charge in [0.1, 0.15) is 11.5 Å². The number of rotatable bonds is 11. The number of aromatic carboxylic acids is 1. The van der Waals surface area contributed by atoms with Crippen molar-refractivity contribution < 1.29 is 19.4 Å². The molecular weight excluding hydrogens is 438 g/mol. The topological polar surface area (TPSA) is 68.7 Å². The molecule has 0 fully saturated rings. The molecule has 3 rings (SSSR count). The van der Waals surface area contributed by atoms with Gasteiger partial charge in [-0.2, -0.15) is 0 Å². The Balaban J connectivity index is 1.74. The highest BCUT2D eigenvalue weighted by atomic mass is 35.5. The molecular formula is C27H30ClNO4. The molecule has 0 aliphatic carbocycles.